The van der Waals surface area contributed by atoms with Gasteiger partial charge in [-0.1, -0.05) is 6.07 Å². The Kier molecular flexibility index (Phi) is 4.62. The van der Waals surface area contributed by atoms with Gasteiger partial charge in [0, 0.05) is 24.7 Å². The highest BCUT2D eigenvalue weighted by Crippen LogP contribution is 2.33. The van der Waals surface area contributed by atoms with Gasteiger partial charge in [-0.15, -0.1) is 11.3 Å². The minimum atomic E-state index is -0.149. The number of piperidine rings is 1. The van der Waals surface area contributed by atoms with Gasteiger partial charge >= 0.3 is 0 Å². The van der Waals surface area contributed by atoms with Crippen LogP contribution in [0.4, 0.5) is 11.4 Å². The molecule has 1 aromatic heterocycles. The lowest BCUT2D eigenvalue weighted by molar-refractivity contribution is -0.119. The number of hydrogen-bond acceptors (Lipinski definition) is 4. The lowest BCUT2D eigenvalue weighted by Gasteiger charge is -2.28. The van der Waals surface area contributed by atoms with Gasteiger partial charge in [0.15, 0.2) is 0 Å². The molecule has 1 aliphatic heterocycles. The van der Waals surface area contributed by atoms with Crippen LogP contribution in [-0.2, 0) is 4.79 Å². The largest absolute Gasteiger partial charge is 0.494 e. The topological polar surface area (TPSA) is 58.6 Å². The van der Waals surface area contributed by atoms with Crippen molar-refractivity contribution in [2.45, 2.75) is 19.3 Å². The molecule has 2 aromatic rings. The summed E-state index contributed by atoms with van der Waals surface area (Å²) >= 11 is 1.39. The number of thiophene rings is 1. The average molecular weight is 330 g/mol. The van der Waals surface area contributed by atoms with E-state index in [0.29, 0.717) is 29.3 Å². The van der Waals surface area contributed by atoms with Gasteiger partial charge in [0.05, 0.1) is 17.7 Å². The minimum Gasteiger partial charge on any atom is -0.494 e. The summed E-state index contributed by atoms with van der Waals surface area (Å²) in [6.45, 7) is 0.704. The summed E-state index contributed by atoms with van der Waals surface area (Å²) in [5.74, 6) is 0.554. The molecule has 2 amide bonds. The van der Waals surface area contributed by atoms with Crippen LogP contribution in [0.2, 0.25) is 0 Å². The molecule has 0 unspecified atom stereocenters. The fourth-order valence-electron chi connectivity index (χ4n) is 2.64. The van der Waals surface area contributed by atoms with Gasteiger partial charge in [0.25, 0.3) is 5.91 Å². The zero-order valence-corrected chi connectivity index (χ0v) is 13.7. The molecule has 1 N–H and O–H groups in total. The summed E-state index contributed by atoms with van der Waals surface area (Å²) in [7, 11) is 1.57. The third-order valence-electron chi connectivity index (χ3n) is 3.80. The highest BCUT2D eigenvalue weighted by atomic mass is 32.1. The first-order valence-electron chi connectivity index (χ1n) is 7.52. The van der Waals surface area contributed by atoms with Crippen LogP contribution in [-0.4, -0.2) is 25.5 Å². The maximum atomic E-state index is 12.1. The molecule has 2 heterocycles. The third-order valence-corrected chi connectivity index (χ3v) is 4.67. The van der Waals surface area contributed by atoms with Gasteiger partial charge in [-0.25, -0.2) is 0 Å². The summed E-state index contributed by atoms with van der Waals surface area (Å²) in [5.41, 5.74) is 1.40. The van der Waals surface area contributed by atoms with Gasteiger partial charge < -0.3 is 15.0 Å². The molecular weight excluding hydrogens is 312 g/mol. The van der Waals surface area contributed by atoms with E-state index in [9.17, 15) is 9.59 Å². The van der Waals surface area contributed by atoms with Crippen molar-refractivity contribution in [3.8, 4) is 5.75 Å². The van der Waals surface area contributed by atoms with Gasteiger partial charge in [-0.2, -0.15) is 0 Å². The fourth-order valence-corrected chi connectivity index (χ4v) is 3.26. The molecule has 5 nitrogen and oxygen atoms in total. The Bertz CT molecular complexity index is 713. The molecule has 0 bridgehead atoms. The lowest BCUT2D eigenvalue weighted by atomic mass is 10.1. The third kappa shape index (κ3) is 3.37. The van der Waals surface area contributed by atoms with Gasteiger partial charge in [0.1, 0.15) is 5.75 Å². The number of ether oxygens (including phenoxy) is 1. The molecular formula is C17H18N2O3S. The number of nitrogens with one attached hydrogen (secondary N) is 1. The van der Waals surface area contributed by atoms with Crippen LogP contribution in [0.25, 0.3) is 0 Å². The van der Waals surface area contributed by atoms with Crippen LogP contribution in [0.5, 0.6) is 5.75 Å². The Morgan fingerprint density at radius 3 is 2.87 bits per heavy atom. The van der Waals surface area contributed by atoms with E-state index in [4.69, 9.17) is 4.74 Å². The van der Waals surface area contributed by atoms with Crippen LogP contribution >= 0.6 is 11.3 Å². The number of amides is 2. The lowest BCUT2D eigenvalue weighted by Crippen LogP contribution is -2.35. The SMILES string of the molecule is COc1cc(NC(=O)c2cccs2)ccc1N1CCCCC1=O. The minimum absolute atomic E-state index is 0.116. The predicted octanol–water partition coefficient (Wildman–Crippen LogP) is 3.53. The van der Waals surface area contributed by atoms with Crippen molar-refractivity contribution in [2.24, 2.45) is 0 Å². The van der Waals surface area contributed by atoms with Crippen molar-refractivity contribution >= 4 is 34.5 Å². The Balaban J connectivity index is 1.82. The molecule has 0 radical (unpaired) electrons. The van der Waals surface area contributed by atoms with Gasteiger partial charge in [-0.05, 0) is 36.4 Å². The number of rotatable bonds is 4. The number of methoxy groups -OCH3 is 1. The first kappa shape index (κ1) is 15.6. The van der Waals surface area contributed by atoms with Crippen LogP contribution < -0.4 is 15.0 Å². The summed E-state index contributed by atoms with van der Waals surface area (Å²) in [5, 5.41) is 4.71. The van der Waals surface area contributed by atoms with E-state index in [0.717, 1.165) is 18.5 Å². The number of benzene rings is 1. The van der Waals surface area contributed by atoms with E-state index in [1.165, 1.54) is 11.3 Å². The first-order chi connectivity index (χ1) is 11.2. The van der Waals surface area contributed by atoms with Crippen molar-refractivity contribution in [1.29, 1.82) is 0 Å². The molecule has 1 saturated heterocycles. The average Bonchev–Trinajstić information content (AvgIpc) is 3.10. The van der Waals surface area contributed by atoms with E-state index >= 15 is 0 Å². The Hall–Kier alpha value is -2.34. The Morgan fingerprint density at radius 2 is 2.17 bits per heavy atom. The molecule has 6 heteroatoms. The molecule has 0 saturated carbocycles. The Morgan fingerprint density at radius 1 is 1.30 bits per heavy atom. The second-order valence-electron chi connectivity index (χ2n) is 5.32. The van der Waals surface area contributed by atoms with Crippen LogP contribution in [0, 0.1) is 0 Å². The smallest absolute Gasteiger partial charge is 0.265 e. The first-order valence-corrected chi connectivity index (χ1v) is 8.40. The second kappa shape index (κ2) is 6.83. The molecule has 120 valence electrons. The fraction of sp³-hybridized carbons (Fsp3) is 0.294. The zero-order valence-electron chi connectivity index (χ0n) is 12.9. The highest BCUT2D eigenvalue weighted by molar-refractivity contribution is 7.12. The summed E-state index contributed by atoms with van der Waals surface area (Å²) in [6.07, 6.45) is 2.50. The number of nitrogens with zero attached hydrogens (tertiary/aromatic N) is 1. The van der Waals surface area contributed by atoms with Crippen molar-refractivity contribution < 1.29 is 14.3 Å². The summed E-state index contributed by atoms with van der Waals surface area (Å²) in [4.78, 5) is 26.6. The van der Waals surface area contributed by atoms with Crippen molar-refractivity contribution in [2.75, 3.05) is 23.9 Å². The normalized spacial score (nSPS) is 14.7. The van der Waals surface area contributed by atoms with Crippen molar-refractivity contribution in [3.63, 3.8) is 0 Å². The molecule has 1 fully saturated rings. The number of anilines is 2. The maximum absolute atomic E-state index is 12.1. The standard InChI is InChI=1S/C17H18N2O3S/c1-22-14-11-12(18-17(21)15-5-4-10-23-15)7-8-13(14)19-9-3-2-6-16(19)20/h4-5,7-8,10-11H,2-3,6,9H2,1H3,(H,18,21). The number of carbonyl (C=O) groups is 2. The summed E-state index contributed by atoms with van der Waals surface area (Å²) < 4.78 is 5.42. The second-order valence-corrected chi connectivity index (χ2v) is 6.27. The quantitative estimate of drug-likeness (QED) is 0.933. The number of carbonyl (C=O) groups excluding carboxylic acids is 2. The van der Waals surface area contributed by atoms with E-state index in [1.807, 2.05) is 17.5 Å². The van der Waals surface area contributed by atoms with Crippen molar-refractivity contribution in [3.05, 3.63) is 40.6 Å². The molecule has 0 spiro atoms. The predicted molar refractivity (Wildman–Crippen MR) is 91.5 cm³/mol. The van der Waals surface area contributed by atoms with Crippen molar-refractivity contribution in [1.82, 2.24) is 0 Å². The zero-order chi connectivity index (χ0) is 16.2. The molecule has 23 heavy (non-hydrogen) atoms. The highest BCUT2D eigenvalue weighted by Gasteiger charge is 2.22. The summed E-state index contributed by atoms with van der Waals surface area (Å²) in [6, 6.07) is 8.99. The van der Waals surface area contributed by atoms with Gasteiger partial charge in [-0.3, -0.25) is 9.59 Å². The monoisotopic (exact) mass is 330 g/mol. The van der Waals surface area contributed by atoms with E-state index in [-0.39, 0.29) is 11.8 Å². The van der Waals surface area contributed by atoms with E-state index < -0.39 is 0 Å². The van der Waals surface area contributed by atoms with E-state index in [1.54, 1.807) is 30.2 Å². The molecule has 1 aromatic carbocycles. The van der Waals surface area contributed by atoms with Crippen LogP contribution in [0.3, 0.4) is 0 Å². The molecule has 0 aliphatic carbocycles. The van der Waals surface area contributed by atoms with Crippen LogP contribution in [0.1, 0.15) is 28.9 Å². The maximum Gasteiger partial charge on any atom is 0.265 e. The molecule has 1 aliphatic rings. The molecule has 0 atom stereocenters. The van der Waals surface area contributed by atoms with E-state index in [2.05, 4.69) is 5.32 Å². The number of hydrogen-bond donors (Lipinski definition) is 1. The molecule has 3 rings (SSSR count). The Labute approximate surface area is 138 Å². The van der Waals surface area contributed by atoms with Gasteiger partial charge in [0.2, 0.25) is 5.91 Å². The van der Waals surface area contributed by atoms with Crippen LogP contribution in [0.15, 0.2) is 35.7 Å².